The molecule has 3 heterocycles. The van der Waals surface area contributed by atoms with Crippen molar-refractivity contribution in [3.63, 3.8) is 0 Å². The van der Waals surface area contributed by atoms with Crippen LogP contribution in [-0.2, 0) is 9.59 Å². The van der Waals surface area contributed by atoms with Gasteiger partial charge in [-0.05, 0) is 85.0 Å². The summed E-state index contributed by atoms with van der Waals surface area (Å²) in [4.78, 5) is 50.7. The molecule has 3 aromatic carbocycles. The van der Waals surface area contributed by atoms with Crippen molar-refractivity contribution in [2.24, 2.45) is 11.5 Å². The minimum atomic E-state index is -0.722. The number of nitrogens with zero attached hydrogens (tertiary/aromatic N) is 3. The second kappa shape index (κ2) is 20.8. The fraction of sp³-hybridized carbons (Fsp3) is 0.214. The lowest BCUT2D eigenvalue weighted by atomic mass is 10.0. The lowest BCUT2D eigenvalue weighted by molar-refractivity contribution is -0.133. The molecule has 0 unspecified atom stereocenters. The number of hydrogen-bond acceptors (Lipinski definition) is 7. The van der Waals surface area contributed by atoms with Gasteiger partial charge < -0.3 is 31.5 Å². The number of hydrogen-bond donors (Lipinski definition) is 4. The van der Waals surface area contributed by atoms with Gasteiger partial charge in [0, 0.05) is 49.4 Å². The molecule has 272 valence electrons. The Morgan fingerprint density at radius 1 is 0.717 bits per heavy atom. The molecule has 2 atom stereocenters. The number of rotatable bonds is 4. The van der Waals surface area contributed by atoms with E-state index < -0.39 is 24.0 Å². The molecule has 53 heavy (non-hydrogen) atoms. The molecular weight excluding hydrogens is 670 g/mol. The van der Waals surface area contributed by atoms with Crippen LogP contribution in [0.3, 0.4) is 0 Å². The molecule has 11 heteroatoms. The van der Waals surface area contributed by atoms with Crippen LogP contribution in [0, 0.1) is 44.5 Å². The van der Waals surface area contributed by atoms with E-state index in [2.05, 4.69) is 29.7 Å². The zero-order valence-electron chi connectivity index (χ0n) is 29.9. The van der Waals surface area contributed by atoms with Crippen LogP contribution < -0.4 is 11.5 Å². The summed E-state index contributed by atoms with van der Waals surface area (Å²) in [5.74, 6) is 3.89. The number of pyridine rings is 1. The number of primary amides is 2. The monoisotopic (exact) mass is 713 g/mol. The predicted molar refractivity (Wildman–Crippen MR) is 206 cm³/mol. The fourth-order valence-electron chi connectivity index (χ4n) is 4.96. The Labute approximate surface area is 310 Å². The van der Waals surface area contributed by atoms with Gasteiger partial charge in [-0.1, -0.05) is 48.2 Å². The summed E-state index contributed by atoms with van der Waals surface area (Å²) in [6, 6.07) is 25.8. The van der Waals surface area contributed by atoms with E-state index in [1.807, 2.05) is 67.6 Å². The maximum Gasteiger partial charge on any atom is 0.267 e. The third kappa shape index (κ3) is 12.8. The molecule has 2 aliphatic heterocycles. The molecule has 0 spiro atoms. The zero-order chi connectivity index (χ0) is 39.7. The summed E-state index contributed by atoms with van der Waals surface area (Å²) in [5, 5.41) is 17.6. The van der Waals surface area contributed by atoms with Crippen LogP contribution in [0.2, 0.25) is 0 Å². The highest BCUT2D eigenvalue weighted by atomic mass is 16.3. The maximum atomic E-state index is 11.2. The van der Waals surface area contributed by atoms with E-state index in [1.54, 1.807) is 38.4 Å². The van der Waals surface area contributed by atoms with Crippen molar-refractivity contribution < 1.29 is 29.4 Å². The van der Waals surface area contributed by atoms with Gasteiger partial charge in [-0.25, -0.2) is 4.98 Å². The molecule has 2 aliphatic rings. The second-order valence-corrected chi connectivity index (χ2v) is 11.8. The quantitative estimate of drug-likeness (QED) is 0.235. The minimum Gasteiger partial charge on any atom is -0.383 e. The summed E-state index contributed by atoms with van der Waals surface area (Å²) in [6.45, 7) is 3.28. The molecule has 1 aromatic heterocycles. The number of terminal acetylenes is 3. The molecule has 4 amide bonds. The van der Waals surface area contributed by atoms with Gasteiger partial charge in [-0.3, -0.25) is 19.2 Å². The largest absolute Gasteiger partial charge is 0.383 e. The lowest BCUT2D eigenvalue weighted by Gasteiger charge is -2.05. The number of amides is 4. The normalized spacial score (nSPS) is 15.3. The number of likely N-dealkylation sites (N-methyl/N-ethyl adjacent to an activating group) is 2. The first-order valence-electron chi connectivity index (χ1n) is 16.3. The van der Waals surface area contributed by atoms with Crippen molar-refractivity contribution in [3.05, 3.63) is 113 Å². The molecule has 6 N–H and O–H groups in total. The third-order valence-corrected chi connectivity index (χ3v) is 7.86. The molecule has 2 fully saturated rings. The van der Waals surface area contributed by atoms with Crippen molar-refractivity contribution >= 4 is 23.6 Å². The topological polar surface area (TPSA) is 180 Å². The Morgan fingerprint density at radius 3 is 1.57 bits per heavy atom. The average Bonchev–Trinajstić information content (AvgIpc) is 3.64. The lowest BCUT2D eigenvalue weighted by Crippen LogP contribution is -2.24. The number of likely N-dealkylation sites (tertiary alicyclic amines) is 2. The number of carbonyl (C=O) groups is 4. The second-order valence-electron chi connectivity index (χ2n) is 11.8. The van der Waals surface area contributed by atoms with E-state index in [4.69, 9.17) is 34.5 Å². The van der Waals surface area contributed by atoms with Crippen LogP contribution in [0.4, 0.5) is 0 Å². The van der Waals surface area contributed by atoms with E-state index in [0.717, 1.165) is 33.4 Å². The zero-order valence-corrected chi connectivity index (χ0v) is 29.9. The van der Waals surface area contributed by atoms with Gasteiger partial charge in [0.1, 0.15) is 17.9 Å². The Kier molecular flexibility index (Phi) is 16.7. The van der Waals surface area contributed by atoms with Crippen molar-refractivity contribution in [2.75, 3.05) is 27.2 Å². The highest BCUT2D eigenvalue weighted by Gasteiger charge is 2.26. The van der Waals surface area contributed by atoms with Gasteiger partial charge in [0.25, 0.3) is 17.7 Å². The molecule has 2 saturated heterocycles. The molecule has 6 rings (SSSR count). The first kappa shape index (κ1) is 42.5. The number of aliphatic hydroxyl groups is 2. The average molecular weight is 714 g/mol. The Bertz CT molecular complexity index is 1970. The highest BCUT2D eigenvalue weighted by molar-refractivity contribution is 5.94. The van der Waals surface area contributed by atoms with Gasteiger partial charge >= 0.3 is 0 Å². The van der Waals surface area contributed by atoms with Crippen LogP contribution in [0.5, 0.6) is 0 Å². The minimum absolute atomic E-state index is 0.148. The first-order chi connectivity index (χ1) is 25.2. The van der Waals surface area contributed by atoms with Gasteiger partial charge in [0.2, 0.25) is 5.91 Å². The molecule has 0 saturated carbocycles. The smallest absolute Gasteiger partial charge is 0.267 e. The number of aliphatic hydroxyl groups excluding tert-OH is 2. The van der Waals surface area contributed by atoms with Gasteiger partial charge in [0.05, 0.1) is 5.69 Å². The summed E-state index contributed by atoms with van der Waals surface area (Å²) >= 11 is 0. The Hall–Kier alpha value is -6.71. The predicted octanol–water partition coefficient (Wildman–Crippen LogP) is 3.24. The third-order valence-electron chi connectivity index (χ3n) is 7.86. The maximum absolute atomic E-state index is 11.2. The van der Waals surface area contributed by atoms with Gasteiger partial charge in [-0.2, -0.15) is 0 Å². The Morgan fingerprint density at radius 2 is 1.17 bits per heavy atom. The van der Waals surface area contributed by atoms with Crippen molar-refractivity contribution in [2.45, 2.75) is 32.0 Å². The standard InChI is InChI=1S/C15H12N2O.C15H11NO.2C5H9NO2.C2H2/c1-3-11-5-4-6-12(9-11)13-7-10(2)8-14(17-13)15(16)18;1-2-11-5-3-6-12(9-11)13-7-4-8-14(10-13)15(16)17;2*1-6-3-2-4(7)5(6)8;1-2/h1,4-9H,2H3,(H2,16,18);1,3-10H,(H2,16,17);2*4,7H,2-3H2,1H3;1-2H/t;;2*4-;/m..00./s1. The fourth-order valence-corrected chi connectivity index (χ4v) is 4.96. The molecule has 0 bridgehead atoms. The van der Waals surface area contributed by atoms with Crippen LogP contribution >= 0.6 is 0 Å². The molecule has 0 radical (unpaired) electrons. The first-order valence-corrected chi connectivity index (χ1v) is 16.3. The number of aromatic nitrogens is 1. The van der Waals surface area contributed by atoms with Gasteiger partial charge in [0.15, 0.2) is 0 Å². The molecule has 11 nitrogen and oxygen atoms in total. The van der Waals surface area contributed by atoms with Gasteiger partial charge in [-0.15, -0.1) is 25.7 Å². The summed E-state index contributed by atoms with van der Waals surface area (Å²) in [7, 11) is 3.39. The Balaban J connectivity index is 0.000000255. The van der Waals surface area contributed by atoms with Crippen LogP contribution in [0.15, 0.2) is 84.9 Å². The van der Waals surface area contributed by atoms with E-state index in [1.165, 1.54) is 9.80 Å². The number of benzene rings is 3. The van der Waals surface area contributed by atoms with E-state index >= 15 is 0 Å². The van der Waals surface area contributed by atoms with Crippen LogP contribution in [-0.4, -0.2) is 88.0 Å². The van der Waals surface area contributed by atoms with E-state index in [0.29, 0.717) is 37.2 Å². The van der Waals surface area contributed by atoms with Crippen LogP contribution in [0.1, 0.15) is 50.4 Å². The van der Waals surface area contributed by atoms with E-state index in [9.17, 15) is 19.2 Å². The highest BCUT2D eigenvalue weighted by Crippen LogP contribution is 2.22. The van der Waals surface area contributed by atoms with Crippen LogP contribution in [0.25, 0.3) is 22.4 Å². The molecule has 0 aliphatic carbocycles. The van der Waals surface area contributed by atoms with E-state index in [-0.39, 0.29) is 17.5 Å². The van der Waals surface area contributed by atoms with Crippen molar-refractivity contribution in [1.82, 2.24) is 14.8 Å². The molecule has 4 aromatic rings. The summed E-state index contributed by atoms with van der Waals surface area (Å²) in [6.07, 6.45) is 18.5. The van der Waals surface area contributed by atoms with Crippen molar-refractivity contribution in [3.8, 4) is 59.9 Å². The SMILES string of the molecule is C#C.C#Cc1cccc(-c2cc(C)cc(C(N)=O)n2)c1.C#Cc1cccc(-c2cccc(C(N)=O)c2)c1.CN1CC[C@H](O)C1=O.CN1CC[C@H](O)C1=O. The molecular formula is C42H43N5O6. The summed E-state index contributed by atoms with van der Waals surface area (Å²) < 4.78 is 0. The number of aryl methyl sites for hydroxylation is 1. The number of carbonyl (C=O) groups excluding carboxylic acids is 4. The van der Waals surface area contributed by atoms with Crippen molar-refractivity contribution in [1.29, 1.82) is 0 Å². The summed E-state index contributed by atoms with van der Waals surface area (Å²) in [5.41, 5.74) is 17.2. The number of nitrogens with two attached hydrogens (primary N) is 2.